The normalized spacial score (nSPS) is 10.6. The predicted molar refractivity (Wildman–Crippen MR) is 102 cm³/mol. The molecule has 7 nitrogen and oxygen atoms in total. The predicted octanol–water partition coefficient (Wildman–Crippen LogP) is 2.80. The van der Waals surface area contributed by atoms with Crippen LogP contribution in [0.4, 0.5) is 0 Å². The Hall–Kier alpha value is -3.48. The Labute approximate surface area is 163 Å². The van der Waals surface area contributed by atoms with Crippen LogP contribution in [0.5, 0.6) is 0 Å². The van der Waals surface area contributed by atoms with Crippen LogP contribution in [0.2, 0.25) is 0 Å². The first kappa shape index (κ1) is 22.6. The van der Waals surface area contributed by atoms with Gasteiger partial charge in [0.25, 0.3) is 5.91 Å². The molecule has 0 aromatic heterocycles. The maximum absolute atomic E-state index is 11.3. The second-order valence-corrected chi connectivity index (χ2v) is 5.88. The molecule has 148 valence electrons. The van der Waals surface area contributed by atoms with Gasteiger partial charge in [0, 0.05) is 12.0 Å². The van der Waals surface area contributed by atoms with Crippen LogP contribution in [0, 0.1) is 5.92 Å². The summed E-state index contributed by atoms with van der Waals surface area (Å²) in [6.45, 7) is 1.81. The fourth-order valence-electron chi connectivity index (χ4n) is 1.99. The molecule has 0 bridgehead atoms. The van der Waals surface area contributed by atoms with Crippen molar-refractivity contribution in [3.8, 4) is 0 Å². The zero-order valence-electron chi connectivity index (χ0n) is 15.5. The minimum absolute atomic E-state index is 0.139. The van der Waals surface area contributed by atoms with E-state index in [4.69, 9.17) is 9.84 Å². The number of hydrogen-bond donors (Lipinski definition) is 2. The molecule has 0 spiro atoms. The number of amides is 2. The lowest BCUT2D eigenvalue weighted by Gasteiger charge is -2.06. The van der Waals surface area contributed by atoms with Gasteiger partial charge in [0.2, 0.25) is 6.41 Å². The Morgan fingerprint density at radius 3 is 2.14 bits per heavy atom. The van der Waals surface area contributed by atoms with Gasteiger partial charge in [-0.15, -0.1) is 0 Å². The molecule has 0 heterocycles. The van der Waals surface area contributed by atoms with Gasteiger partial charge in [-0.25, -0.2) is 0 Å². The number of carboxylic acid groups (broad SMARTS) is 1. The van der Waals surface area contributed by atoms with E-state index >= 15 is 0 Å². The molecule has 1 unspecified atom stereocenters. The van der Waals surface area contributed by atoms with Gasteiger partial charge in [-0.3, -0.25) is 24.5 Å². The number of carbonyl (C=O) groups is 4. The lowest BCUT2D eigenvalue weighted by Crippen LogP contribution is -2.20. The van der Waals surface area contributed by atoms with E-state index in [1.54, 1.807) is 37.3 Å². The Morgan fingerprint density at radius 1 is 1.04 bits per heavy atom. The molecule has 0 aliphatic heterocycles. The lowest BCUT2D eigenvalue weighted by molar-refractivity contribution is -0.146. The third kappa shape index (κ3) is 9.28. The van der Waals surface area contributed by atoms with Gasteiger partial charge < -0.3 is 9.84 Å². The van der Waals surface area contributed by atoms with E-state index < -0.39 is 11.9 Å². The molecule has 7 heteroatoms. The summed E-state index contributed by atoms with van der Waals surface area (Å²) in [6.07, 6.45) is 0.818. The van der Waals surface area contributed by atoms with Crippen molar-refractivity contribution in [1.29, 1.82) is 0 Å². The molecule has 0 aliphatic rings. The highest BCUT2D eigenvalue weighted by Gasteiger charge is 2.13. The van der Waals surface area contributed by atoms with Gasteiger partial charge in [-0.2, -0.15) is 0 Å². The summed E-state index contributed by atoms with van der Waals surface area (Å²) < 4.78 is 5.03. The summed E-state index contributed by atoms with van der Waals surface area (Å²) >= 11 is 0. The van der Waals surface area contributed by atoms with E-state index in [2.05, 4.69) is 0 Å². The van der Waals surface area contributed by atoms with E-state index in [0.29, 0.717) is 18.4 Å². The smallest absolute Gasteiger partial charge is 0.306 e. The monoisotopic (exact) mass is 385 g/mol. The Bertz CT molecular complexity index is 761. The van der Waals surface area contributed by atoms with Crippen molar-refractivity contribution in [2.24, 2.45) is 5.92 Å². The van der Waals surface area contributed by atoms with Crippen LogP contribution in [-0.2, 0) is 25.7 Å². The fraction of sp³-hybridized carbons (Fsp3) is 0.238. The quantitative estimate of drug-likeness (QED) is 0.534. The number of carbonyl (C=O) groups excluding carboxylic acids is 3. The summed E-state index contributed by atoms with van der Waals surface area (Å²) in [5.74, 6) is -2.14. The second-order valence-electron chi connectivity index (χ2n) is 5.88. The van der Waals surface area contributed by atoms with Crippen molar-refractivity contribution in [2.45, 2.75) is 26.4 Å². The first-order valence-corrected chi connectivity index (χ1v) is 8.66. The molecule has 2 aromatic rings. The SMILES string of the molecule is CC(CCC(=O)OCc1ccccc1)C(=O)O.O=CNC(=O)c1ccccc1. The largest absolute Gasteiger partial charge is 0.481 e. The summed E-state index contributed by atoms with van der Waals surface area (Å²) in [6, 6.07) is 17.9. The molecule has 2 N–H and O–H groups in total. The van der Waals surface area contributed by atoms with E-state index in [9.17, 15) is 19.2 Å². The highest BCUT2D eigenvalue weighted by Crippen LogP contribution is 2.08. The Kier molecular flexibility index (Phi) is 10.3. The van der Waals surface area contributed by atoms with Gasteiger partial charge >= 0.3 is 11.9 Å². The summed E-state index contributed by atoms with van der Waals surface area (Å²) in [7, 11) is 0. The topological polar surface area (TPSA) is 110 Å². The molecular weight excluding hydrogens is 362 g/mol. The van der Waals surface area contributed by atoms with Gasteiger partial charge in [-0.1, -0.05) is 55.5 Å². The maximum Gasteiger partial charge on any atom is 0.306 e. The molecule has 0 aliphatic carbocycles. The third-order valence-corrected chi connectivity index (χ3v) is 3.67. The van der Waals surface area contributed by atoms with Crippen LogP contribution in [0.15, 0.2) is 60.7 Å². The molecular formula is C21H23NO6. The molecule has 2 aromatic carbocycles. The number of rotatable bonds is 8. The Balaban J connectivity index is 0.000000307. The maximum atomic E-state index is 11.3. The van der Waals surface area contributed by atoms with Gasteiger partial charge in [0.1, 0.15) is 6.61 Å². The number of carboxylic acids is 1. The van der Waals surface area contributed by atoms with Crippen LogP contribution < -0.4 is 5.32 Å². The standard InChI is InChI=1S/C13H16O4.C8H7NO2/c1-10(13(15)16)7-8-12(14)17-9-11-5-3-2-4-6-11;10-6-9-8(11)7-4-2-1-3-5-7/h2-6,10H,7-9H2,1H3,(H,15,16);1-6H,(H,9,10,11). The summed E-state index contributed by atoms with van der Waals surface area (Å²) in [5, 5.41) is 10.7. The molecule has 28 heavy (non-hydrogen) atoms. The molecule has 2 amide bonds. The number of hydrogen-bond acceptors (Lipinski definition) is 5. The number of ether oxygens (including phenoxy) is 1. The number of imide groups is 1. The number of benzene rings is 2. The van der Waals surface area contributed by atoms with Crippen LogP contribution in [0.1, 0.15) is 35.7 Å². The zero-order valence-corrected chi connectivity index (χ0v) is 15.5. The van der Waals surface area contributed by atoms with Crippen LogP contribution in [0.3, 0.4) is 0 Å². The van der Waals surface area contributed by atoms with E-state index in [0.717, 1.165) is 5.56 Å². The van der Waals surface area contributed by atoms with Gasteiger partial charge in [0.05, 0.1) is 5.92 Å². The fourth-order valence-corrected chi connectivity index (χ4v) is 1.99. The van der Waals surface area contributed by atoms with Gasteiger partial charge in [-0.05, 0) is 24.1 Å². The van der Waals surface area contributed by atoms with E-state index in [-0.39, 0.29) is 24.9 Å². The van der Waals surface area contributed by atoms with Crippen molar-refractivity contribution < 1.29 is 29.0 Å². The van der Waals surface area contributed by atoms with Crippen LogP contribution >= 0.6 is 0 Å². The van der Waals surface area contributed by atoms with Crippen molar-refractivity contribution in [3.05, 3.63) is 71.8 Å². The molecule has 0 saturated carbocycles. The molecule has 1 atom stereocenters. The number of aliphatic carboxylic acids is 1. The average molecular weight is 385 g/mol. The molecule has 0 radical (unpaired) electrons. The van der Waals surface area contributed by atoms with Crippen LogP contribution in [0.25, 0.3) is 0 Å². The minimum Gasteiger partial charge on any atom is -0.481 e. The Morgan fingerprint density at radius 2 is 1.61 bits per heavy atom. The lowest BCUT2D eigenvalue weighted by atomic mass is 10.1. The van der Waals surface area contributed by atoms with Crippen molar-refractivity contribution in [3.63, 3.8) is 0 Å². The van der Waals surface area contributed by atoms with E-state index in [1.165, 1.54) is 0 Å². The van der Waals surface area contributed by atoms with Crippen molar-refractivity contribution in [1.82, 2.24) is 5.32 Å². The van der Waals surface area contributed by atoms with Crippen molar-refractivity contribution in [2.75, 3.05) is 0 Å². The van der Waals surface area contributed by atoms with Crippen molar-refractivity contribution >= 4 is 24.3 Å². The second kappa shape index (κ2) is 12.8. The molecule has 0 fully saturated rings. The summed E-state index contributed by atoms with van der Waals surface area (Å²) in [5.41, 5.74) is 1.41. The number of esters is 1. The molecule has 0 saturated heterocycles. The van der Waals surface area contributed by atoms with Gasteiger partial charge in [0.15, 0.2) is 0 Å². The first-order valence-electron chi connectivity index (χ1n) is 8.66. The highest BCUT2D eigenvalue weighted by molar-refractivity contribution is 5.99. The number of nitrogens with one attached hydrogen (secondary N) is 1. The van der Waals surface area contributed by atoms with E-state index in [1.807, 2.05) is 35.6 Å². The van der Waals surface area contributed by atoms with Crippen LogP contribution in [-0.4, -0.2) is 29.4 Å². The average Bonchev–Trinajstić information content (AvgIpc) is 2.72. The molecule has 2 rings (SSSR count). The minimum atomic E-state index is -0.888. The zero-order chi connectivity index (χ0) is 20.8. The summed E-state index contributed by atoms with van der Waals surface area (Å²) in [4.78, 5) is 42.6. The first-order chi connectivity index (χ1) is 13.4. The highest BCUT2D eigenvalue weighted by atomic mass is 16.5. The third-order valence-electron chi connectivity index (χ3n) is 3.67.